The molecule has 2 saturated heterocycles. The third-order valence-electron chi connectivity index (χ3n) is 5.72. The first-order chi connectivity index (χ1) is 12.6. The van der Waals surface area contributed by atoms with Crippen LogP contribution in [-0.2, 0) is 9.53 Å². The van der Waals surface area contributed by atoms with Crippen molar-refractivity contribution in [2.45, 2.75) is 33.1 Å². The maximum absolute atomic E-state index is 12.5. The molecule has 2 fully saturated rings. The summed E-state index contributed by atoms with van der Waals surface area (Å²) in [5, 5.41) is 0. The molecule has 26 heavy (non-hydrogen) atoms. The largest absolute Gasteiger partial charge is 0.379 e. The summed E-state index contributed by atoms with van der Waals surface area (Å²) in [6.07, 6.45) is 7.43. The Kier molecular flexibility index (Phi) is 6.86. The topological polar surface area (TPSA) is 32.8 Å². The highest BCUT2D eigenvalue weighted by Gasteiger charge is 2.22. The molecule has 0 atom stereocenters. The van der Waals surface area contributed by atoms with Crippen molar-refractivity contribution in [1.29, 1.82) is 0 Å². The number of ether oxygens (including phenoxy) is 1. The molecule has 0 N–H and O–H groups in total. The molecule has 1 amide bonds. The van der Waals surface area contributed by atoms with Gasteiger partial charge in [0.05, 0.1) is 13.2 Å². The Morgan fingerprint density at radius 3 is 2.42 bits per heavy atom. The van der Waals surface area contributed by atoms with Crippen LogP contribution in [0.3, 0.4) is 0 Å². The smallest absolute Gasteiger partial charge is 0.223 e. The van der Waals surface area contributed by atoms with Crippen molar-refractivity contribution in [3.05, 3.63) is 41.0 Å². The van der Waals surface area contributed by atoms with Crippen LogP contribution in [-0.4, -0.2) is 61.6 Å². The number of rotatable bonds is 5. The van der Waals surface area contributed by atoms with Crippen LogP contribution in [0.1, 0.15) is 36.0 Å². The summed E-state index contributed by atoms with van der Waals surface area (Å²) in [6, 6.07) is 6.45. The maximum atomic E-state index is 12.5. The summed E-state index contributed by atoms with van der Waals surface area (Å²) >= 11 is 0. The summed E-state index contributed by atoms with van der Waals surface area (Å²) in [5.41, 5.74) is 4.01. The number of carbonyl (C=O) groups is 1. The van der Waals surface area contributed by atoms with Gasteiger partial charge in [-0.05, 0) is 49.3 Å². The number of hydrogen-bond acceptors (Lipinski definition) is 3. The van der Waals surface area contributed by atoms with Gasteiger partial charge in [-0.15, -0.1) is 0 Å². The van der Waals surface area contributed by atoms with Crippen LogP contribution in [0, 0.1) is 19.8 Å². The monoisotopic (exact) mass is 356 g/mol. The highest BCUT2D eigenvalue weighted by molar-refractivity contribution is 5.76. The van der Waals surface area contributed by atoms with Crippen molar-refractivity contribution in [3.63, 3.8) is 0 Å². The average molecular weight is 357 g/mol. The number of piperidine rings is 1. The van der Waals surface area contributed by atoms with E-state index >= 15 is 0 Å². The lowest BCUT2D eigenvalue weighted by Crippen LogP contribution is -2.42. The van der Waals surface area contributed by atoms with Gasteiger partial charge in [0.15, 0.2) is 0 Å². The van der Waals surface area contributed by atoms with E-state index in [0.29, 0.717) is 18.2 Å². The van der Waals surface area contributed by atoms with Gasteiger partial charge in [-0.25, -0.2) is 0 Å². The SMILES string of the molecule is Cc1cccc(C)c1/C=C/C1CCN(C(=O)CCN2CCOCC2)CC1. The third kappa shape index (κ3) is 5.18. The van der Waals surface area contributed by atoms with Crippen LogP contribution in [0.25, 0.3) is 6.08 Å². The van der Waals surface area contributed by atoms with Crippen LogP contribution < -0.4 is 0 Å². The third-order valence-corrected chi connectivity index (χ3v) is 5.72. The molecule has 0 bridgehead atoms. The molecule has 1 aromatic carbocycles. The van der Waals surface area contributed by atoms with Gasteiger partial charge in [0.2, 0.25) is 5.91 Å². The predicted molar refractivity (Wildman–Crippen MR) is 106 cm³/mol. The Morgan fingerprint density at radius 1 is 1.12 bits per heavy atom. The average Bonchev–Trinajstić information content (AvgIpc) is 2.67. The molecule has 1 aromatic rings. The zero-order chi connectivity index (χ0) is 18.4. The van der Waals surface area contributed by atoms with Gasteiger partial charge in [-0.1, -0.05) is 30.4 Å². The van der Waals surface area contributed by atoms with E-state index in [4.69, 9.17) is 4.74 Å². The molecule has 4 nitrogen and oxygen atoms in total. The van der Waals surface area contributed by atoms with Crippen LogP contribution in [0.5, 0.6) is 0 Å². The van der Waals surface area contributed by atoms with Crippen molar-refractivity contribution in [3.8, 4) is 0 Å². The van der Waals surface area contributed by atoms with Crippen LogP contribution in [0.2, 0.25) is 0 Å². The zero-order valence-electron chi connectivity index (χ0n) is 16.2. The quantitative estimate of drug-likeness (QED) is 0.812. The Hall–Kier alpha value is -1.65. The standard InChI is InChI=1S/C22H32N2O2/c1-18-4-3-5-19(2)21(18)7-6-20-8-12-24(13-9-20)22(25)10-11-23-14-16-26-17-15-23/h3-7,20H,8-17H2,1-2H3/b7-6+. The van der Waals surface area contributed by atoms with Crippen LogP contribution in [0.4, 0.5) is 0 Å². The molecule has 0 aliphatic carbocycles. The van der Waals surface area contributed by atoms with Gasteiger partial charge in [0, 0.05) is 39.1 Å². The van der Waals surface area contributed by atoms with Gasteiger partial charge in [-0.2, -0.15) is 0 Å². The summed E-state index contributed by atoms with van der Waals surface area (Å²) in [7, 11) is 0. The lowest BCUT2D eigenvalue weighted by atomic mass is 9.94. The van der Waals surface area contributed by atoms with Gasteiger partial charge in [-0.3, -0.25) is 9.69 Å². The summed E-state index contributed by atoms with van der Waals surface area (Å²) in [6.45, 7) is 10.5. The first kappa shape index (κ1) is 19.1. The number of carbonyl (C=O) groups excluding carboxylic acids is 1. The highest BCUT2D eigenvalue weighted by Crippen LogP contribution is 2.22. The van der Waals surface area contributed by atoms with E-state index in [9.17, 15) is 4.79 Å². The molecule has 0 aromatic heterocycles. The van der Waals surface area contributed by atoms with Gasteiger partial charge >= 0.3 is 0 Å². The molecular formula is C22H32N2O2. The fourth-order valence-electron chi connectivity index (χ4n) is 3.90. The van der Waals surface area contributed by atoms with Crippen molar-refractivity contribution in [2.24, 2.45) is 5.92 Å². The maximum Gasteiger partial charge on any atom is 0.223 e. The zero-order valence-corrected chi connectivity index (χ0v) is 16.2. The molecule has 4 heteroatoms. The molecule has 0 unspecified atom stereocenters. The van der Waals surface area contributed by atoms with E-state index in [1.54, 1.807) is 0 Å². The van der Waals surface area contributed by atoms with Crippen molar-refractivity contribution >= 4 is 12.0 Å². The Labute approximate surface area is 157 Å². The number of hydrogen-bond donors (Lipinski definition) is 0. The van der Waals surface area contributed by atoms with E-state index in [0.717, 1.165) is 58.8 Å². The molecule has 2 heterocycles. The minimum absolute atomic E-state index is 0.314. The number of aryl methyl sites for hydroxylation is 2. The van der Waals surface area contributed by atoms with Crippen molar-refractivity contribution in [2.75, 3.05) is 45.9 Å². The second-order valence-corrected chi connectivity index (χ2v) is 7.59. The van der Waals surface area contributed by atoms with Crippen LogP contribution >= 0.6 is 0 Å². The van der Waals surface area contributed by atoms with E-state index in [2.05, 4.69) is 54.0 Å². The van der Waals surface area contributed by atoms with Gasteiger partial charge in [0.25, 0.3) is 0 Å². The molecule has 2 aliphatic heterocycles. The number of likely N-dealkylation sites (tertiary alicyclic amines) is 1. The van der Waals surface area contributed by atoms with E-state index in [1.807, 2.05) is 0 Å². The summed E-state index contributed by atoms with van der Waals surface area (Å²) < 4.78 is 5.36. The number of morpholine rings is 1. The van der Waals surface area contributed by atoms with E-state index in [1.165, 1.54) is 16.7 Å². The van der Waals surface area contributed by atoms with Crippen molar-refractivity contribution < 1.29 is 9.53 Å². The first-order valence-corrected chi connectivity index (χ1v) is 9.96. The molecule has 0 spiro atoms. The number of benzene rings is 1. The fourth-order valence-corrected chi connectivity index (χ4v) is 3.90. The first-order valence-electron chi connectivity index (χ1n) is 9.96. The second kappa shape index (κ2) is 9.33. The molecule has 0 radical (unpaired) electrons. The second-order valence-electron chi connectivity index (χ2n) is 7.59. The number of nitrogens with zero attached hydrogens (tertiary/aromatic N) is 2. The number of allylic oxidation sites excluding steroid dienone is 1. The Morgan fingerprint density at radius 2 is 1.77 bits per heavy atom. The van der Waals surface area contributed by atoms with Crippen molar-refractivity contribution in [1.82, 2.24) is 9.80 Å². The van der Waals surface area contributed by atoms with Gasteiger partial charge in [0.1, 0.15) is 0 Å². The van der Waals surface area contributed by atoms with E-state index in [-0.39, 0.29) is 0 Å². The lowest BCUT2D eigenvalue weighted by Gasteiger charge is -2.32. The molecule has 2 aliphatic rings. The molecule has 142 valence electrons. The molecular weight excluding hydrogens is 324 g/mol. The van der Waals surface area contributed by atoms with Gasteiger partial charge < -0.3 is 9.64 Å². The Bertz CT molecular complexity index is 607. The molecule has 3 rings (SSSR count). The van der Waals surface area contributed by atoms with E-state index < -0.39 is 0 Å². The highest BCUT2D eigenvalue weighted by atomic mass is 16.5. The van der Waals surface area contributed by atoms with Crippen LogP contribution in [0.15, 0.2) is 24.3 Å². The number of amides is 1. The summed E-state index contributed by atoms with van der Waals surface area (Å²) in [5.74, 6) is 0.894. The lowest BCUT2D eigenvalue weighted by molar-refractivity contribution is -0.133. The summed E-state index contributed by atoms with van der Waals surface area (Å²) in [4.78, 5) is 16.9. The fraction of sp³-hybridized carbons (Fsp3) is 0.591. The Balaban J connectivity index is 1.43. The molecule has 0 saturated carbocycles. The minimum atomic E-state index is 0.314. The predicted octanol–water partition coefficient (Wildman–Crippen LogP) is 3.28. The normalized spacial score (nSPS) is 20.0. The minimum Gasteiger partial charge on any atom is -0.379 e.